The molecule has 5 nitrogen and oxygen atoms in total. The second-order valence-corrected chi connectivity index (χ2v) is 5.68. The molecule has 0 unspecified atom stereocenters. The Bertz CT molecular complexity index is 947. The molecule has 24 heavy (non-hydrogen) atoms. The molecule has 0 bridgehead atoms. The van der Waals surface area contributed by atoms with Crippen molar-refractivity contribution in [3.05, 3.63) is 59.7 Å². The van der Waals surface area contributed by atoms with Gasteiger partial charge in [-0.2, -0.15) is 0 Å². The van der Waals surface area contributed by atoms with Crippen molar-refractivity contribution in [1.29, 1.82) is 0 Å². The van der Waals surface area contributed by atoms with Crippen molar-refractivity contribution >= 4 is 28.4 Å². The average Bonchev–Trinajstić information content (AvgIpc) is 2.54. The van der Waals surface area contributed by atoms with Gasteiger partial charge in [-0.1, -0.05) is 18.2 Å². The number of benzene rings is 2. The van der Waals surface area contributed by atoms with Crippen molar-refractivity contribution in [2.45, 2.75) is 13.8 Å². The molecule has 0 saturated carbocycles. The van der Waals surface area contributed by atoms with E-state index in [0.29, 0.717) is 11.3 Å². The molecule has 0 aliphatic carbocycles. The van der Waals surface area contributed by atoms with E-state index in [9.17, 15) is 9.59 Å². The number of primary amides is 1. The van der Waals surface area contributed by atoms with E-state index in [4.69, 9.17) is 5.73 Å². The van der Waals surface area contributed by atoms with Gasteiger partial charge < -0.3 is 11.1 Å². The van der Waals surface area contributed by atoms with Crippen molar-refractivity contribution < 1.29 is 9.59 Å². The van der Waals surface area contributed by atoms with Crippen molar-refractivity contribution in [2.24, 2.45) is 5.73 Å². The summed E-state index contributed by atoms with van der Waals surface area (Å²) in [6.45, 7) is 3.49. The Kier molecular flexibility index (Phi) is 4.00. The van der Waals surface area contributed by atoms with Gasteiger partial charge in [0.1, 0.15) is 0 Å². The number of fused-ring (bicyclic) bond motifs is 1. The first-order valence-electron chi connectivity index (χ1n) is 7.53. The first-order valence-corrected chi connectivity index (χ1v) is 7.53. The predicted octanol–water partition coefficient (Wildman–Crippen LogP) is 3.27. The van der Waals surface area contributed by atoms with Crippen LogP contribution in [0.3, 0.4) is 0 Å². The van der Waals surface area contributed by atoms with Crippen LogP contribution in [0.5, 0.6) is 0 Å². The normalized spacial score (nSPS) is 10.6. The van der Waals surface area contributed by atoms with Crippen LogP contribution in [-0.2, 0) is 4.79 Å². The van der Waals surface area contributed by atoms with Gasteiger partial charge in [-0.05, 0) is 42.8 Å². The Morgan fingerprint density at radius 2 is 1.75 bits per heavy atom. The van der Waals surface area contributed by atoms with Gasteiger partial charge in [-0.3, -0.25) is 9.59 Å². The van der Waals surface area contributed by atoms with E-state index in [1.54, 1.807) is 12.1 Å². The van der Waals surface area contributed by atoms with Gasteiger partial charge in [0.15, 0.2) is 0 Å². The van der Waals surface area contributed by atoms with Gasteiger partial charge in [0.05, 0.1) is 11.2 Å². The number of hydrogen-bond acceptors (Lipinski definition) is 3. The van der Waals surface area contributed by atoms with Crippen molar-refractivity contribution in [1.82, 2.24) is 4.98 Å². The van der Waals surface area contributed by atoms with Crippen molar-refractivity contribution in [3.63, 3.8) is 0 Å². The van der Waals surface area contributed by atoms with Crippen LogP contribution in [-0.4, -0.2) is 16.8 Å². The molecule has 0 radical (unpaired) electrons. The summed E-state index contributed by atoms with van der Waals surface area (Å²) >= 11 is 0. The monoisotopic (exact) mass is 319 g/mol. The highest BCUT2D eigenvalue weighted by atomic mass is 16.1. The highest BCUT2D eigenvalue weighted by Gasteiger charge is 2.08. The molecule has 0 fully saturated rings. The number of nitrogens with zero attached hydrogens (tertiary/aromatic N) is 1. The number of aryl methyl sites for hydroxylation is 1. The zero-order chi connectivity index (χ0) is 17.3. The molecule has 0 spiro atoms. The summed E-state index contributed by atoms with van der Waals surface area (Å²) in [5.74, 6) is -0.576. The number of rotatable bonds is 3. The number of hydrogen-bond donors (Lipinski definition) is 2. The fourth-order valence-corrected chi connectivity index (χ4v) is 2.64. The number of carbonyl (C=O) groups excluding carboxylic acids is 2. The summed E-state index contributed by atoms with van der Waals surface area (Å²) in [6.07, 6.45) is 0. The summed E-state index contributed by atoms with van der Waals surface area (Å²) in [6, 6.07) is 14.7. The van der Waals surface area contributed by atoms with E-state index in [-0.39, 0.29) is 5.91 Å². The summed E-state index contributed by atoms with van der Waals surface area (Å²) < 4.78 is 0. The quantitative estimate of drug-likeness (QED) is 0.777. The second-order valence-electron chi connectivity index (χ2n) is 5.68. The Balaban J connectivity index is 2.07. The third kappa shape index (κ3) is 3.10. The highest BCUT2D eigenvalue weighted by molar-refractivity contribution is 5.94. The van der Waals surface area contributed by atoms with Crippen LogP contribution in [0.1, 0.15) is 22.8 Å². The SMILES string of the molecule is CC(=O)Nc1ccc2c(C)cc(-c3ccc(C(N)=O)cc3)nc2c1. The number of amides is 2. The molecule has 5 heteroatoms. The zero-order valence-corrected chi connectivity index (χ0v) is 13.5. The topological polar surface area (TPSA) is 85.1 Å². The molecule has 3 N–H and O–H groups in total. The van der Waals surface area contributed by atoms with E-state index in [2.05, 4.69) is 10.3 Å². The molecular weight excluding hydrogens is 302 g/mol. The first-order chi connectivity index (χ1) is 11.4. The van der Waals surface area contributed by atoms with E-state index in [1.807, 2.05) is 43.3 Å². The number of anilines is 1. The number of carbonyl (C=O) groups is 2. The van der Waals surface area contributed by atoms with Gasteiger partial charge in [0.2, 0.25) is 11.8 Å². The second kappa shape index (κ2) is 6.12. The average molecular weight is 319 g/mol. The minimum absolute atomic E-state index is 0.121. The lowest BCUT2D eigenvalue weighted by molar-refractivity contribution is -0.114. The molecule has 3 aromatic rings. The van der Waals surface area contributed by atoms with Crippen LogP contribution < -0.4 is 11.1 Å². The third-order valence-corrected chi connectivity index (χ3v) is 3.80. The lowest BCUT2D eigenvalue weighted by Crippen LogP contribution is -2.10. The summed E-state index contributed by atoms with van der Waals surface area (Å²) in [7, 11) is 0. The maximum absolute atomic E-state index is 11.2. The number of aromatic nitrogens is 1. The molecule has 0 saturated heterocycles. The van der Waals surface area contributed by atoms with Crippen LogP contribution >= 0.6 is 0 Å². The number of nitrogens with one attached hydrogen (secondary N) is 1. The molecule has 2 aromatic carbocycles. The summed E-state index contributed by atoms with van der Waals surface area (Å²) in [4.78, 5) is 27.1. The highest BCUT2D eigenvalue weighted by Crippen LogP contribution is 2.26. The molecule has 3 rings (SSSR count). The smallest absolute Gasteiger partial charge is 0.248 e. The van der Waals surface area contributed by atoms with Gasteiger partial charge in [0.25, 0.3) is 0 Å². The molecule has 120 valence electrons. The van der Waals surface area contributed by atoms with Crippen molar-refractivity contribution in [3.8, 4) is 11.3 Å². The molecule has 0 atom stereocenters. The summed E-state index contributed by atoms with van der Waals surface area (Å²) in [5.41, 5.74) is 10.0. The molecule has 0 aliphatic rings. The molecule has 2 amide bonds. The minimum atomic E-state index is -0.454. The maximum Gasteiger partial charge on any atom is 0.248 e. The maximum atomic E-state index is 11.2. The molecular formula is C19H17N3O2. The van der Waals surface area contributed by atoms with E-state index in [0.717, 1.165) is 27.7 Å². The van der Waals surface area contributed by atoms with Gasteiger partial charge in [-0.15, -0.1) is 0 Å². The van der Waals surface area contributed by atoms with E-state index >= 15 is 0 Å². The van der Waals surface area contributed by atoms with E-state index < -0.39 is 5.91 Å². The molecule has 1 heterocycles. The Hall–Kier alpha value is -3.21. The Morgan fingerprint density at radius 3 is 2.38 bits per heavy atom. The van der Waals surface area contributed by atoms with Crippen LogP contribution in [0.15, 0.2) is 48.5 Å². The third-order valence-electron chi connectivity index (χ3n) is 3.80. The minimum Gasteiger partial charge on any atom is -0.366 e. The molecule has 0 aliphatic heterocycles. The largest absolute Gasteiger partial charge is 0.366 e. The first kappa shape index (κ1) is 15.7. The van der Waals surface area contributed by atoms with Crippen LogP contribution in [0, 0.1) is 6.92 Å². The summed E-state index contributed by atoms with van der Waals surface area (Å²) in [5, 5.41) is 3.79. The zero-order valence-electron chi connectivity index (χ0n) is 13.5. The number of pyridine rings is 1. The van der Waals surface area contributed by atoms with E-state index in [1.165, 1.54) is 6.92 Å². The van der Waals surface area contributed by atoms with Gasteiger partial charge in [0, 0.05) is 29.1 Å². The van der Waals surface area contributed by atoms with Crippen molar-refractivity contribution in [2.75, 3.05) is 5.32 Å². The lowest BCUT2D eigenvalue weighted by Gasteiger charge is -2.09. The van der Waals surface area contributed by atoms with Crippen LogP contribution in [0.25, 0.3) is 22.2 Å². The Morgan fingerprint density at radius 1 is 1.04 bits per heavy atom. The predicted molar refractivity (Wildman–Crippen MR) is 94.7 cm³/mol. The van der Waals surface area contributed by atoms with Crippen LogP contribution in [0.4, 0.5) is 5.69 Å². The van der Waals surface area contributed by atoms with Gasteiger partial charge in [-0.25, -0.2) is 4.98 Å². The number of nitrogens with two attached hydrogens (primary N) is 1. The van der Waals surface area contributed by atoms with Crippen LogP contribution in [0.2, 0.25) is 0 Å². The fraction of sp³-hybridized carbons (Fsp3) is 0.105. The van der Waals surface area contributed by atoms with Gasteiger partial charge >= 0.3 is 0 Å². The Labute approximate surface area is 139 Å². The molecule has 1 aromatic heterocycles. The fourth-order valence-electron chi connectivity index (χ4n) is 2.64. The standard InChI is InChI=1S/C19H17N3O2/c1-11-9-17(13-3-5-14(6-4-13)19(20)24)22-18-10-15(21-12(2)23)7-8-16(11)18/h3-10H,1-2H3,(H2,20,24)(H,21,23). The lowest BCUT2D eigenvalue weighted by atomic mass is 10.0.